The van der Waals surface area contributed by atoms with Crippen molar-refractivity contribution in [3.05, 3.63) is 70.0 Å². The van der Waals surface area contributed by atoms with Crippen molar-refractivity contribution in [2.24, 2.45) is 0 Å². The lowest BCUT2D eigenvalue weighted by atomic mass is 10.0. The third kappa shape index (κ3) is 5.02. The number of ether oxygens (including phenoxy) is 2. The quantitative estimate of drug-likeness (QED) is 0.572. The molecule has 1 fully saturated rings. The van der Waals surface area contributed by atoms with Gasteiger partial charge in [-0.1, -0.05) is 30.3 Å². The van der Waals surface area contributed by atoms with Gasteiger partial charge >= 0.3 is 0 Å². The molecular formula is C20H23FN2O4. The second-order valence-electron chi connectivity index (χ2n) is 6.63. The standard InChI is InChI=1S/C20H23FN2O4/c1-14(22-18-8-7-16(21)13-19(18)23(24)25)20(15-5-3-2-4-6-15)27-17-9-11-26-12-10-17/h2-8,13-14,17,20,22H,9-12H2,1H3. The van der Waals surface area contributed by atoms with Crippen molar-refractivity contribution in [1.82, 2.24) is 0 Å². The molecule has 3 rings (SSSR count). The molecule has 2 atom stereocenters. The van der Waals surface area contributed by atoms with E-state index in [4.69, 9.17) is 9.47 Å². The third-order valence-corrected chi connectivity index (χ3v) is 4.63. The fourth-order valence-electron chi connectivity index (χ4n) is 3.25. The molecule has 0 bridgehead atoms. The largest absolute Gasteiger partial charge is 0.381 e. The summed E-state index contributed by atoms with van der Waals surface area (Å²) in [6, 6.07) is 13.0. The van der Waals surface area contributed by atoms with E-state index in [-0.39, 0.29) is 29.6 Å². The molecule has 0 aromatic heterocycles. The van der Waals surface area contributed by atoms with Gasteiger partial charge in [-0.25, -0.2) is 4.39 Å². The summed E-state index contributed by atoms with van der Waals surface area (Å²) in [7, 11) is 0. The van der Waals surface area contributed by atoms with Gasteiger partial charge in [0.2, 0.25) is 0 Å². The lowest BCUT2D eigenvalue weighted by molar-refractivity contribution is -0.384. The Hall–Kier alpha value is -2.51. The Morgan fingerprint density at radius 2 is 1.93 bits per heavy atom. The average molecular weight is 374 g/mol. The van der Waals surface area contributed by atoms with Crippen LogP contribution in [0.25, 0.3) is 0 Å². The van der Waals surface area contributed by atoms with Crippen LogP contribution in [0.5, 0.6) is 0 Å². The number of hydrogen-bond acceptors (Lipinski definition) is 5. The maximum absolute atomic E-state index is 13.4. The van der Waals surface area contributed by atoms with Gasteiger partial charge in [0.15, 0.2) is 0 Å². The number of rotatable bonds is 7. The molecule has 0 amide bonds. The Kier molecular flexibility index (Phi) is 6.36. The molecule has 2 unspecified atom stereocenters. The zero-order chi connectivity index (χ0) is 19.2. The maximum atomic E-state index is 13.4. The van der Waals surface area contributed by atoms with Crippen LogP contribution in [0.2, 0.25) is 0 Å². The Labute approximate surface area is 157 Å². The molecule has 1 aliphatic rings. The molecule has 27 heavy (non-hydrogen) atoms. The van der Waals surface area contributed by atoms with E-state index < -0.39 is 10.7 Å². The second kappa shape index (κ2) is 8.92. The molecular weight excluding hydrogens is 351 g/mol. The van der Waals surface area contributed by atoms with Gasteiger partial charge in [0, 0.05) is 13.2 Å². The Morgan fingerprint density at radius 1 is 1.22 bits per heavy atom. The highest BCUT2D eigenvalue weighted by atomic mass is 19.1. The first-order valence-electron chi connectivity index (χ1n) is 9.03. The van der Waals surface area contributed by atoms with Gasteiger partial charge in [-0.3, -0.25) is 10.1 Å². The van der Waals surface area contributed by atoms with Crippen LogP contribution in [0.1, 0.15) is 31.4 Å². The number of nitro groups is 1. The molecule has 144 valence electrons. The van der Waals surface area contributed by atoms with Crippen LogP contribution in [0.4, 0.5) is 15.8 Å². The van der Waals surface area contributed by atoms with Crippen LogP contribution in [0.15, 0.2) is 48.5 Å². The first kappa shape index (κ1) is 19.3. The first-order chi connectivity index (χ1) is 13.0. The van der Waals surface area contributed by atoms with Gasteiger partial charge in [0.05, 0.1) is 23.1 Å². The van der Waals surface area contributed by atoms with Crippen LogP contribution in [-0.4, -0.2) is 30.3 Å². The predicted molar refractivity (Wildman–Crippen MR) is 100 cm³/mol. The van der Waals surface area contributed by atoms with E-state index in [2.05, 4.69) is 5.32 Å². The molecule has 2 aromatic rings. The zero-order valence-corrected chi connectivity index (χ0v) is 15.1. The number of nitrogens with one attached hydrogen (secondary N) is 1. The second-order valence-corrected chi connectivity index (χ2v) is 6.63. The molecule has 0 saturated carbocycles. The smallest absolute Gasteiger partial charge is 0.295 e. The lowest BCUT2D eigenvalue weighted by Crippen LogP contribution is -2.32. The first-order valence-corrected chi connectivity index (χ1v) is 9.03. The zero-order valence-electron chi connectivity index (χ0n) is 15.1. The molecule has 1 N–H and O–H groups in total. The summed E-state index contributed by atoms with van der Waals surface area (Å²) in [5.41, 5.74) is 0.957. The monoisotopic (exact) mass is 374 g/mol. The van der Waals surface area contributed by atoms with Gasteiger partial charge in [-0.05, 0) is 37.5 Å². The number of nitro benzene ring substituents is 1. The highest BCUT2D eigenvalue weighted by molar-refractivity contribution is 5.62. The molecule has 6 nitrogen and oxygen atoms in total. The van der Waals surface area contributed by atoms with E-state index in [1.165, 1.54) is 12.1 Å². The van der Waals surface area contributed by atoms with Crippen molar-refractivity contribution < 1.29 is 18.8 Å². The van der Waals surface area contributed by atoms with Gasteiger partial charge in [-0.2, -0.15) is 0 Å². The van der Waals surface area contributed by atoms with Crippen LogP contribution < -0.4 is 5.32 Å². The minimum absolute atomic E-state index is 0.0661. The highest BCUT2D eigenvalue weighted by Crippen LogP contribution is 2.31. The topological polar surface area (TPSA) is 73.6 Å². The van der Waals surface area contributed by atoms with Gasteiger partial charge in [-0.15, -0.1) is 0 Å². The average Bonchev–Trinajstić information content (AvgIpc) is 2.68. The summed E-state index contributed by atoms with van der Waals surface area (Å²) >= 11 is 0. The van der Waals surface area contributed by atoms with E-state index in [1.807, 2.05) is 37.3 Å². The summed E-state index contributed by atoms with van der Waals surface area (Å²) in [6.07, 6.45) is 1.38. The molecule has 7 heteroatoms. The van der Waals surface area contributed by atoms with E-state index in [0.717, 1.165) is 24.5 Å². The van der Waals surface area contributed by atoms with Crippen LogP contribution in [0.3, 0.4) is 0 Å². The van der Waals surface area contributed by atoms with Crippen molar-refractivity contribution in [2.45, 2.75) is 38.0 Å². The Bertz CT molecular complexity index is 766. The van der Waals surface area contributed by atoms with Crippen molar-refractivity contribution in [3.8, 4) is 0 Å². The van der Waals surface area contributed by atoms with Crippen molar-refractivity contribution >= 4 is 11.4 Å². The predicted octanol–water partition coefficient (Wildman–Crippen LogP) is 4.47. The number of benzene rings is 2. The summed E-state index contributed by atoms with van der Waals surface area (Å²) in [5.74, 6) is -0.641. The molecule has 0 spiro atoms. The van der Waals surface area contributed by atoms with Crippen molar-refractivity contribution in [1.29, 1.82) is 0 Å². The number of hydrogen-bond donors (Lipinski definition) is 1. The van der Waals surface area contributed by atoms with E-state index in [1.54, 1.807) is 0 Å². The molecule has 0 aliphatic carbocycles. The van der Waals surface area contributed by atoms with Crippen molar-refractivity contribution in [3.63, 3.8) is 0 Å². The SMILES string of the molecule is CC(Nc1ccc(F)cc1[N+](=O)[O-])C(OC1CCOCC1)c1ccccc1. The summed E-state index contributed by atoms with van der Waals surface area (Å²) in [5, 5.41) is 14.4. The van der Waals surface area contributed by atoms with Gasteiger partial charge in [0.25, 0.3) is 5.69 Å². The van der Waals surface area contributed by atoms with Gasteiger partial charge < -0.3 is 14.8 Å². The van der Waals surface area contributed by atoms with E-state index in [9.17, 15) is 14.5 Å². The van der Waals surface area contributed by atoms with Crippen LogP contribution >= 0.6 is 0 Å². The number of halogens is 1. The fraction of sp³-hybridized carbons (Fsp3) is 0.400. The van der Waals surface area contributed by atoms with Gasteiger partial charge in [0.1, 0.15) is 17.6 Å². The molecule has 2 aromatic carbocycles. The normalized spacial score (nSPS) is 17.3. The summed E-state index contributed by atoms with van der Waals surface area (Å²) < 4.78 is 25.1. The molecule has 1 heterocycles. The van der Waals surface area contributed by atoms with E-state index >= 15 is 0 Å². The molecule has 0 radical (unpaired) electrons. The van der Waals surface area contributed by atoms with Crippen LogP contribution in [0, 0.1) is 15.9 Å². The lowest BCUT2D eigenvalue weighted by Gasteiger charge is -2.32. The molecule has 1 saturated heterocycles. The third-order valence-electron chi connectivity index (χ3n) is 4.63. The fourth-order valence-corrected chi connectivity index (χ4v) is 3.25. The molecule has 1 aliphatic heterocycles. The minimum atomic E-state index is -0.641. The number of anilines is 1. The number of nitrogens with zero attached hydrogens (tertiary/aromatic N) is 1. The highest BCUT2D eigenvalue weighted by Gasteiger charge is 2.27. The Balaban J connectivity index is 1.82. The summed E-state index contributed by atoms with van der Waals surface area (Å²) in [6.45, 7) is 3.24. The maximum Gasteiger partial charge on any atom is 0.295 e. The minimum Gasteiger partial charge on any atom is -0.381 e. The summed E-state index contributed by atoms with van der Waals surface area (Å²) in [4.78, 5) is 10.7. The Morgan fingerprint density at radius 3 is 2.59 bits per heavy atom. The van der Waals surface area contributed by atoms with Crippen LogP contribution in [-0.2, 0) is 9.47 Å². The van der Waals surface area contributed by atoms with E-state index in [0.29, 0.717) is 13.2 Å². The van der Waals surface area contributed by atoms with Crippen molar-refractivity contribution in [2.75, 3.05) is 18.5 Å².